The summed E-state index contributed by atoms with van der Waals surface area (Å²) in [5.41, 5.74) is -1.08. The van der Waals surface area contributed by atoms with Crippen LogP contribution in [0.25, 0.3) is 11.0 Å². The first-order valence-electron chi connectivity index (χ1n) is 8.27. The molecule has 154 valence electrons. The Morgan fingerprint density at radius 3 is 2.28 bits per heavy atom. The number of alkyl halides is 3. The van der Waals surface area contributed by atoms with Crippen LogP contribution in [0.1, 0.15) is 26.6 Å². The van der Waals surface area contributed by atoms with Crippen LogP contribution < -0.4 is 14.2 Å². The Balaban J connectivity index is 2.04. The van der Waals surface area contributed by atoms with Crippen LogP contribution in [0.5, 0.6) is 17.2 Å². The number of carbonyl (C=O) groups is 1. The highest BCUT2D eigenvalue weighted by atomic mass is 32.1. The molecule has 0 amide bonds. The summed E-state index contributed by atoms with van der Waals surface area (Å²) >= 11 is 1.13. The van der Waals surface area contributed by atoms with Crippen molar-refractivity contribution in [2.45, 2.75) is 13.1 Å². The van der Waals surface area contributed by atoms with Gasteiger partial charge in [-0.2, -0.15) is 13.2 Å². The predicted molar refractivity (Wildman–Crippen MR) is 102 cm³/mol. The number of nitrogens with zero attached hydrogens (tertiary/aromatic N) is 2. The van der Waals surface area contributed by atoms with E-state index in [0.717, 1.165) is 28.4 Å². The summed E-state index contributed by atoms with van der Waals surface area (Å²) in [5, 5.41) is 0. The van der Waals surface area contributed by atoms with Crippen LogP contribution in [0.2, 0.25) is 0 Å². The number of thiazole rings is 1. The summed E-state index contributed by atoms with van der Waals surface area (Å²) in [5.74, 6) is 0.306. The molecule has 29 heavy (non-hydrogen) atoms. The molecular formula is C19H17F3N2O4S. The van der Waals surface area contributed by atoms with Crippen molar-refractivity contribution in [3.05, 3.63) is 46.2 Å². The Morgan fingerprint density at radius 2 is 1.76 bits per heavy atom. The number of methoxy groups -OCH3 is 3. The Morgan fingerprint density at radius 1 is 1.14 bits per heavy atom. The highest BCUT2D eigenvalue weighted by Gasteiger charge is 2.37. The second-order valence-electron chi connectivity index (χ2n) is 5.95. The van der Waals surface area contributed by atoms with Gasteiger partial charge in [-0.15, -0.1) is 11.3 Å². The van der Waals surface area contributed by atoms with Gasteiger partial charge in [-0.1, -0.05) is 0 Å². The van der Waals surface area contributed by atoms with Crippen LogP contribution in [-0.4, -0.2) is 36.5 Å². The second kappa shape index (κ2) is 7.78. The molecular weight excluding hydrogens is 409 g/mol. The van der Waals surface area contributed by atoms with Gasteiger partial charge in [0.05, 0.1) is 27.0 Å². The van der Waals surface area contributed by atoms with Crippen molar-refractivity contribution in [2.24, 2.45) is 0 Å². The van der Waals surface area contributed by atoms with E-state index >= 15 is 0 Å². The zero-order chi connectivity index (χ0) is 21.3. The lowest BCUT2D eigenvalue weighted by Gasteiger charge is -2.13. The van der Waals surface area contributed by atoms with Crippen molar-refractivity contribution in [3.8, 4) is 17.2 Å². The maximum Gasteiger partial charge on any atom is 0.435 e. The lowest BCUT2D eigenvalue weighted by molar-refractivity contribution is -0.140. The lowest BCUT2D eigenvalue weighted by Crippen LogP contribution is -2.08. The van der Waals surface area contributed by atoms with Crippen molar-refractivity contribution >= 4 is 28.2 Å². The Kier molecular flexibility index (Phi) is 5.56. The van der Waals surface area contributed by atoms with E-state index in [-0.39, 0.29) is 27.7 Å². The molecule has 0 saturated heterocycles. The van der Waals surface area contributed by atoms with Gasteiger partial charge >= 0.3 is 6.18 Å². The van der Waals surface area contributed by atoms with Crippen LogP contribution in [0.4, 0.5) is 13.2 Å². The third-order valence-corrected chi connectivity index (χ3v) is 4.99. The molecule has 2 aromatic heterocycles. The van der Waals surface area contributed by atoms with E-state index in [2.05, 4.69) is 4.98 Å². The van der Waals surface area contributed by atoms with E-state index in [1.54, 1.807) is 13.1 Å². The molecule has 0 fully saturated rings. The molecule has 0 bridgehead atoms. The summed E-state index contributed by atoms with van der Waals surface area (Å²) in [7, 11) is 4.23. The molecule has 1 aromatic carbocycles. The number of aryl methyl sites for hydroxylation is 1. The molecule has 3 aromatic rings. The zero-order valence-electron chi connectivity index (χ0n) is 16.0. The third kappa shape index (κ3) is 3.93. The van der Waals surface area contributed by atoms with Gasteiger partial charge in [0, 0.05) is 16.6 Å². The number of halogens is 3. The number of rotatable bonds is 6. The fraction of sp³-hybridized carbons (Fsp3) is 0.263. The quantitative estimate of drug-likeness (QED) is 0.424. The number of aromatic nitrogens is 2. The van der Waals surface area contributed by atoms with Gasteiger partial charge in [0.1, 0.15) is 0 Å². The topological polar surface area (TPSA) is 62.1 Å². The number of carbonyl (C=O) groups excluding carboxylic acids is 1. The fourth-order valence-corrected chi connectivity index (χ4v) is 3.65. The Hall–Kier alpha value is -3.01. The SMILES string of the molecule is COc1cc(C(=O)C=Cc2c(C(F)(F)F)nc3sc(C)cn23)cc(OC)c1OC. The molecule has 6 nitrogen and oxygen atoms in total. The van der Waals surface area contributed by atoms with Gasteiger partial charge < -0.3 is 14.2 Å². The van der Waals surface area contributed by atoms with Crippen molar-refractivity contribution in [3.63, 3.8) is 0 Å². The van der Waals surface area contributed by atoms with E-state index in [0.29, 0.717) is 5.75 Å². The minimum absolute atomic E-state index is 0.173. The van der Waals surface area contributed by atoms with Crippen LogP contribution in [-0.2, 0) is 6.18 Å². The van der Waals surface area contributed by atoms with Crippen molar-refractivity contribution in [2.75, 3.05) is 21.3 Å². The van der Waals surface area contributed by atoms with Gasteiger partial charge in [-0.05, 0) is 31.2 Å². The average molecular weight is 426 g/mol. The van der Waals surface area contributed by atoms with Gasteiger partial charge in [-0.25, -0.2) is 4.98 Å². The predicted octanol–water partition coefficient (Wildman–Crippen LogP) is 4.64. The number of allylic oxidation sites excluding steroid dienone is 1. The summed E-state index contributed by atoms with van der Waals surface area (Å²) in [4.78, 5) is 17.3. The molecule has 3 rings (SSSR count). The first kappa shape index (κ1) is 20.7. The molecule has 0 N–H and O–H groups in total. The maximum atomic E-state index is 13.4. The van der Waals surface area contributed by atoms with Crippen molar-refractivity contribution < 1.29 is 32.2 Å². The van der Waals surface area contributed by atoms with Gasteiger partial charge in [0.2, 0.25) is 5.75 Å². The molecule has 0 unspecified atom stereocenters. The summed E-state index contributed by atoms with van der Waals surface area (Å²) < 4.78 is 57.0. The molecule has 0 spiro atoms. The first-order valence-corrected chi connectivity index (χ1v) is 9.09. The molecule has 0 aliphatic heterocycles. The average Bonchev–Trinajstić information content (AvgIpc) is 3.20. The smallest absolute Gasteiger partial charge is 0.435 e. The van der Waals surface area contributed by atoms with E-state index in [1.807, 2.05) is 0 Å². The largest absolute Gasteiger partial charge is 0.493 e. The summed E-state index contributed by atoms with van der Waals surface area (Å²) in [6.45, 7) is 1.77. The zero-order valence-corrected chi connectivity index (χ0v) is 16.8. The summed E-state index contributed by atoms with van der Waals surface area (Å²) in [6, 6.07) is 2.86. The molecule has 0 aliphatic rings. The maximum absolute atomic E-state index is 13.4. The lowest BCUT2D eigenvalue weighted by atomic mass is 10.1. The highest BCUT2D eigenvalue weighted by molar-refractivity contribution is 7.17. The van der Waals surface area contributed by atoms with Gasteiger partial charge in [-0.3, -0.25) is 9.20 Å². The normalized spacial score (nSPS) is 12.0. The Bertz CT molecular complexity index is 1070. The molecule has 0 radical (unpaired) electrons. The first-order chi connectivity index (χ1) is 13.7. The van der Waals surface area contributed by atoms with Crippen LogP contribution in [0.15, 0.2) is 24.4 Å². The van der Waals surface area contributed by atoms with Gasteiger partial charge in [0.15, 0.2) is 27.9 Å². The molecule has 2 heterocycles. The summed E-state index contributed by atoms with van der Waals surface area (Å²) in [6.07, 6.45) is -0.923. The minimum atomic E-state index is -4.64. The number of fused-ring (bicyclic) bond motifs is 1. The molecule has 0 saturated carbocycles. The van der Waals surface area contributed by atoms with Crippen molar-refractivity contribution in [1.29, 1.82) is 0 Å². The van der Waals surface area contributed by atoms with Crippen molar-refractivity contribution in [1.82, 2.24) is 9.38 Å². The number of hydrogen-bond donors (Lipinski definition) is 0. The van der Waals surface area contributed by atoms with E-state index in [1.165, 1.54) is 37.9 Å². The van der Waals surface area contributed by atoms with Crippen LogP contribution in [0.3, 0.4) is 0 Å². The number of benzene rings is 1. The van der Waals surface area contributed by atoms with E-state index < -0.39 is 17.7 Å². The fourth-order valence-electron chi connectivity index (χ4n) is 2.81. The van der Waals surface area contributed by atoms with Crippen LogP contribution in [0, 0.1) is 6.92 Å². The van der Waals surface area contributed by atoms with E-state index in [9.17, 15) is 18.0 Å². The van der Waals surface area contributed by atoms with Gasteiger partial charge in [0.25, 0.3) is 0 Å². The highest BCUT2D eigenvalue weighted by Crippen LogP contribution is 2.38. The number of ketones is 1. The number of imidazole rings is 1. The van der Waals surface area contributed by atoms with Crippen LogP contribution >= 0.6 is 11.3 Å². The molecule has 10 heteroatoms. The molecule has 0 aliphatic carbocycles. The monoisotopic (exact) mass is 426 g/mol. The second-order valence-corrected chi connectivity index (χ2v) is 7.16. The molecule has 0 atom stereocenters. The van der Waals surface area contributed by atoms with E-state index in [4.69, 9.17) is 14.2 Å². The Labute approximate surface area is 168 Å². The minimum Gasteiger partial charge on any atom is -0.493 e. The number of ether oxygens (including phenoxy) is 3. The standard InChI is InChI=1S/C19H17F3N2O4S/c1-10-9-24-12(17(19(20,21)22)23-18(24)29-10)5-6-13(25)11-7-14(26-2)16(28-4)15(8-11)27-3/h5-9H,1-4H3. The number of hydrogen-bond acceptors (Lipinski definition) is 6. The third-order valence-electron chi connectivity index (χ3n) is 4.09.